The standard InChI is InChI=1S/C33H39Cl2N3O4S/c1-23-14-17-30(24(2)18-23)38(43(3,41)42)22-32(39)37(21-26-15-16-28(34)29(35)19-26)31(20-25-10-6-4-7-11-25)33(40)36-27-12-8-5-9-13-27/h4,6-7,10-11,14-19,27,31H,5,8-9,12-13,20-22H2,1-3H3,(H,36,40)/t31-/m1/s1. The van der Waals surface area contributed by atoms with E-state index >= 15 is 0 Å². The third-order valence-corrected chi connectivity index (χ3v) is 9.73. The van der Waals surface area contributed by atoms with Crippen molar-refractivity contribution in [1.82, 2.24) is 10.2 Å². The number of carbonyl (C=O) groups is 2. The Labute approximate surface area is 265 Å². The number of halogens is 2. The Kier molecular flexibility index (Phi) is 11.2. The monoisotopic (exact) mass is 643 g/mol. The molecule has 0 bridgehead atoms. The van der Waals surface area contributed by atoms with E-state index in [0.29, 0.717) is 21.3 Å². The highest BCUT2D eigenvalue weighted by molar-refractivity contribution is 7.92. The zero-order valence-corrected chi connectivity index (χ0v) is 27.2. The quantitative estimate of drug-likeness (QED) is 0.260. The maximum absolute atomic E-state index is 14.3. The molecule has 1 N–H and O–H groups in total. The number of sulfonamides is 1. The van der Waals surface area contributed by atoms with Crippen molar-refractivity contribution in [2.24, 2.45) is 0 Å². The van der Waals surface area contributed by atoms with E-state index in [0.717, 1.165) is 59.4 Å². The zero-order valence-electron chi connectivity index (χ0n) is 24.9. The van der Waals surface area contributed by atoms with Gasteiger partial charge in [-0.05, 0) is 61.6 Å². The lowest BCUT2D eigenvalue weighted by Gasteiger charge is -2.35. The molecule has 10 heteroatoms. The first-order chi connectivity index (χ1) is 20.4. The van der Waals surface area contributed by atoms with E-state index in [1.165, 1.54) is 4.90 Å². The maximum atomic E-state index is 14.3. The van der Waals surface area contributed by atoms with Crippen LogP contribution in [0.1, 0.15) is 54.4 Å². The number of benzene rings is 3. The van der Waals surface area contributed by atoms with Crippen LogP contribution in [0.4, 0.5) is 5.69 Å². The van der Waals surface area contributed by atoms with Crippen LogP contribution in [0, 0.1) is 13.8 Å². The van der Waals surface area contributed by atoms with Gasteiger partial charge in [0.15, 0.2) is 0 Å². The molecule has 0 spiro atoms. The Morgan fingerprint density at radius 2 is 1.60 bits per heavy atom. The van der Waals surface area contributed by atoms with Crippen LogP contribution in [0.25, 0.3) is 0 Å². The molecule has 43 heavy (non-hydrogen) atoms. The third-order valence-electron chi connectivity index (χ3n) is 7.86. The van der Waals surface area contributed by atoms with Gasteiger partial charge in [0.05, 0.1) is 22.0 Å². The minimum Gasteiger partial charge on any atom is -0.352 e. The SMILES string of the molecule is Cc1ccc(N(CC(=O)N(Cc2ccc(Cl)c(Cl)c2)[C@H](Cc2ccccc2)C(=O)NC2CCCCC2)S(C)(=O)=O)c(C)c1. The van der Waals surface area contributed by atoms with Gasteiger partial charge in [-0.25, -0.2) is 8.42 Å². The molecule has 0 radical (unpaired) electrons. The number of anilines is 1. The number of amides is 2. The fourth-order valence-corrected chi connectivity index (χ4v) is 6.84. The fourth-order valence-electron chi connectivity index (χ4n) is 5.61. The van der Waals surface area contributed by atoms with Gasteiger partial charge in [-0.3, -0.25) is 13.9 Å². The van der Waals surface area contributed by atoms with Crippen molar-refractivity contribution < 1.29 is 18.0 Å². The van der Waals surface area contributed by atoms with E-state index in [-0.39, 0.29) is 24.9 Å². The topological polar surface area (TPSA) is 86.8 Å². The Bertz CT molecular complexity index is 1540. The summed E-state index contributed by atoms with van der Waals surface area (Å²) in [7, 11) is -3.85. The first kappa shape index (κ1) is 32.8. The normalized spacial score (nSPS) is 14.6. The van der Waals surface area contributed by atoms with E-state index in [4.69, 9.17) is 23.2 Å². The number of nitrogens with one attached hydrogen (secondary N) is 1. The molecule has 2 amide bonds. The molecule has 230 valence electrons. The highest BCUT2D eigenvalue weighted by Gasteiger charge is 2.34. The van der Waals surface area contributed by atoms with Gasteiger partial charge in [0.2, 0.25) is 21.8 Å². The number of hydrogen-bond donors (Lipinski definition) is 1. The van der Waals surface area contributed by atoms with Gasteiger partial charge >= 0.3 is 0 Å². The first-order valence-electron chi connectivity index (χ1n) is 14.5. The van der Waals surface area contributed by atoms with Gasteiger partial charge in [0.25, 0.3) is 0 Å². The van der Waals surface area contributed by atoms with Crippen molar-refractivity contribution in [3.05, 3.63) is 99.0 Å². The summed E-state index contributed by atoms with van der Waals surface area (Å²) < 4.78 is 27.3. The average molecular weight is 645 g/mol. The number of nitrogens with zero attached hydrogens (tertiary/aromatic N) is 2. The summed E-state index contributed by atoms with van der Waals surface area (Å²) >= 11 is 12.5. The molecule has 7 nitrogen and oxygen atoms in total. The average Bonchev–Trinajstić information content (AvgIpc) is 2.96. The molecule has 0 aliphatic heterocycles. The predicted molar refractivity (Wildman–Crippen MR) is 174 cm³/mol. The summed E-state index contributed by atoms with van der Waals surface area (Å²) in [6, 6.07) is 19.1. The predicted octanol–water partition coefficient (Wildman–Crippen LogP) is 6.47. The molecule has 3 aromatic rings. The van der Waals surface area contributed by atoms with E-state index in [2.05, 4.69) is 5.32 Å². The first-order valence-corrected chi connectivity index (χ1v) is 17.2. The number of rotatable bonds is 11. The van der Waals surface area contributed by atoms with Crippen molar-refractivity contribution in [2.75, 3.05) is 17.1 Å². The minimum atomic E-state index is -3.85. The van der Waals surface area contributed by atoms with Crippen LogP contribution in [-0.4, -0.2) is 50.0 Å². The molecule has 0 saturated heterocycles. The maximum Gasteiger partial charge on any atom is 0.244 e. The van der Waals surface area contributed by atoms with Crippen LogP contribution in [0.15, 0.2) is 66.7 Å². The molecular formula is C33H39Cl2N3O4S. The van der Waals surface area contributed by atoms with Crippen LogP contribution >= 0.6 is 23.2 Å². The Morgan fingerprint density at radius 3 is 2.23 bits per heavy atom. The fraction of sp³-hybridized carbons (Fsp3) is 0.394. The summed E-state index contributed by atoms with van der Waals surface area (Å²) in [5.41, 5.74) is 3.67. The van der Waals surface area contributed by atoms with Crippen LogP contribution in [0.5, 0.6) is 0 Å². The smallest absolute Gasteiger partial charge is 0.244 e. The van der Waals surface area contributed by atoms with E-state index < -0.39 is 28.5 Å². The van der Waals surface area contributed by atoms with E-state index in [1.807, 2.05) is 56.3 Å². The van der Waals surface area contributed by atoms with Crippen molar-refractivity contribution in [1.29, 1.82) is 0 Å². The lowest BCUT2D eigenvalue weighted by molar-refractivity contribution is -0.140. The molecular weight excluding hydrogens is 605 g/mol. The lowest BCUT2D eigenvalue weighted by atomic mass is 9.94. The summed E-state index contributed by atoms with van der Waals surface area (Å²) in [5.74, 6) is -0.766. The van der Waals surface area contributed by atoms with Gasteiger partial charge < -0.3 is 10.2 Å². The van der Waals surface area contributed by atoms with Gasteiger partial charge in [-0.1, -0.05) is 96.6 Å². The molecule has 1 aliphatic carbocycles. The second-order valence-electron chi connectivity index (χ2n) is 11.4. The molecule has 0 heterocycles. The summed E-state index contributed by atoms with van der Waals surface area (Å²) in [6.07, 6.45) is 6.34. The summed E-state index contributed by atoms with van der Waals surface area (Å²) in [4.78, 5) is 29.8. The van der Waals surface area contributed by atoms with Gasteiger partial charge in [0.1, 0.15) is 12.6 Å². The van der Waals surface area contributed by atoms with Crippen LogP contribution < -0.4 is 9.62 Å². The Balaban J connectivity index is 1.75. The van der Waals surface area contributed by atoms with Crippen molar-refractivity contribution in [3.63, 3.8) is 0 Å². The second kappa shape index (κ2) is 14.6. The van der Waals surface area contributed by atoms with Crippen LogP contribution in [0.2, 0.25) is 10.0 Å². The van der Waals surface area contributed by atoms with Crippen LogP contribution in [0.3, 0.4) is 0 Å². The summed E-state index contributed by atoms with van der Waals surface area (Å²) in [5, 5.41) is 3.90. The molecule has 4 rings (SSSR count). The van der Waals surface area contributed by atoms with Gasteiger partial charge in [-0.15, -0.1) is 0 Å². The highest BCUT2D eigenvalue weighted by Crippen LogP contribution is 2.27. The lowest BCUT2D eigenvalue weighted by Crippen LogP contribution is -2.55. The van der Waals surface area contributed by atoms with E-state index in [1.54, 1.807) is 24.3 Å². The molecule has 1 aliphatic rings. The van der Waals surface area contributed by atoms with Crippen LogP contribution in [-0.2, 0) is 32.6 Å². The molecule has 1 saturated carbocycles. The van der Waals surface area contributed by atoms with Gasteiger partial charge in [0, 0.05) is 19.0 Å². The number of hydrogen-bond acceptors (Lipinski definition) is 4. The van der Waals surface area contributed by atoms with E-state index in [9.17, 15) is 18.0 Å². The zero-order chi connectivity index (χ0) is 31.1. The number of carbonyl (C=O) groups excluding carboxylic acids is 2. The molecule has 0 aromatic heterocycles. The van der Waals surface area contributed by atoms with Crippen molar-refractivity contribution in [3.8, 4) is 0 Å². The molecule has 0 unspecified atom stereocenters. The Morgan fingerprint density at radius 1 is 0.907 bits per heavy atom. The third kappa shape index (κ3) is 8.97. The highest BCUT2D eigenvalue weighted by atomic mass is 35.5. The Hall–Kier alpha value is -3.07. The summed E-state index contributed by atoms with van der Waals surface area (Å²) in [6.45, 7) is 3.31. The molecule has 3 aromatic carbocycles. The number of aryl methyl sites for hydroxylation is 2. The second-order valence-corrected chi connectivity index (χ2v) is 14.1. The molecule has 1 fully saturated rings. The molecule has 1 atom stereocenters. The minimum absolute atomic E-state index is 0.0316. The van der Waals surface area contributed by atoms with Crippen molar-refractivity contribution >= 4 is 50.7 Å². The van der Waals surface area contributed by atoms with Crippen molar-refractivity contribution in [2.45, 2.75) is 71.0 Å². The largest absolute Gasteiger partial charge is 0.352 e. The van der Waals surface area contributed by atoms with Gasteiger partial charge in [-0.2, -0.15) is 0 Å².